The highest BCUT2D eigenvalue weighted by molar-refractivity contribution is 5.85. The third-order valence-corrected chi connectivity index (χ3v) is 3.61. The maximum Gasteiger partial charge on any atom is 0.153 e. The van der Waals surface area contributed by atoms with Gasteiger partial charge in [0.2, 0.25) is 0 Å². The first kappa shape index (κ1) is 15.3. The van der Waals surface area contributed by atoms with Gasteiger partial charge in [0, 0.05) is 31.0 Å². The van der Waals surface area contributed by atoms with Crippen molar-refractivity contribution in [1.29, 1.82) is 0 Å². The molecule has 0 atom stereocenters. The van der Waals surface area contributed by atoms with Crippen molar-refractivity contribution in [1.82, 2.24) is 9.78 Å². The summed E-state index contributed by atoms with van der Waals surface area (Å²) in [7, 11) is 2.06. The summed E-state index contributed by atoms with van der Waals surface area (Å²) in [4.78, 5) is 13.5. The van der Waals surface area contributed by atoms with Crippen molar-refractivity contribution < 1.29 is 4.79 Å². The molecule has 0 spiro atoms. The molecule has 0 amide bonds. The zero-order valence-electron chi connectivity index (χ0n) is 13.4. The normalized spacial score (nSPS) is 11.5. The Balaban J connectivity index is 2.42. The monoisotopic (exact) mass is 285 g/mol. The summed E-state index contributed by atoms with van der Waals surface area (Å²) in [5.74, 6) is 0. The van der Waals surface area contributed by atoms with Gasteiger partial charge in [0.25, 0.3) is 0 Å². The number of aldehydes is 1. The third kappa shape index (κ3) is 3.15. The largest absolute Gasteiger partial charge is 0.375 e. The summed E-state index contributed by atoms with van der Waals surface area (Å²) < 4.78 is 1.85. The van der Waals surface area contributed by atoms with E-state index in [1.165, 1.54) is 0 Å². The molecule has 21 heavy (non-hydrogen) atoms. The summed E-state index contributed by atoms with van der Waals surface area (Å²) in [6.07, 6.45) is 2.69. The Morgan fingerprint density at radius 1 is 1.24 bits per heavy atom. The second-order valence-corrected chi connectivity index (χ2v) is 6.23. The SMILES string of the molecule is CCN(C)c1ccc(-c2nn(C(C)(C)C)cc2C=O)cc1. The second kappa shape index (κ2) is 5.72. The minimum absolute atomic E-state index is 0.140. The maximum absolute atomic E-state index is 11.3. The molecule has 2 aromatic rings. The molecule has 4 heteroatoms. The zero-order chi connectivity index (χ0) is 15.6. The van der Waals surface area contributed by atoms with Crippen molar-refractivity contribution in [3.8, 4) is 11.3 Å². The van der Waals surface area contributed by atoms with Crippen molar-refractivity contribution in [3.05, 3.63) is 36.0 Å². The fourth-order valence-electron chi connectivity index (χ4n) is 2.10. The van der Waals surface area contributed by atoms with Crippen LogP contribution in [0.3, 0.4) is 0 Å². The molecule has 1 aromatic carbocycles. The topological polar surface area (TPSA) is 38.1 Å². The van der Waals surface area contributed by atoms with E-state index in [9.17, 15) is 4.79 Å². The summed E-state index contributed by atoms with van der Waals surface area (Å²) in [5, 5.41) is 4.59. The van der Waals surface area contributed by atoms with Crippen molar-refractivity contribution in [2.24, 2.45) is 0 Å². The van der Waals surface area contributed by atoms with Gasteiger partial charge in [-0.3, -0.25) is 9.48 Å². The molecular weight excluding hydrogens is 262 g/mol. The molecule has 1 aromatic heterocycles. The Labute approximate surface area is 126 Å². The highest BCUT2D eigenvalue weighted by Gasteiger charge is 2.18. The van der Waals surface area contributed by atoms with Crippen LogP contribution in [0.5, 0.6) is 0 Å². The van der Waals surface area contributed by atoms with Crippen LogP contribution in [0.2, 0.25) is 0 Å². The van der Waals surface area contributed by atoms with Gasteiger partial charge in [0.1, 0.15) is 5.69 Å². The van der Waals surface area contributed by atoms with E-state index in [2.05, 4.69) is 56.9 Å². The number of hydrogen-bond acceptors (Lipinski definition) is 3. The number of benzene rings is 1. The van der Waals surface area contributed by atoms with E-state index in [0.29, 0.717) is 5.56 Å². The van der Waals surface area contributed by atoms with Gasteiger partial charge in [-0.1, -0.05) is 12.1 Å². The lowest BCUT2D eigenvalue weighted by Gasteiger charge is -2.19. The zero-order valence-corrected chi connectivity index (χ0v) is 13.4. The highest BCUT2D eigenvalue weighted by atomic mass is 16.1. The quantitative estimate of drug-likeness (QED) is 0.806. The lowest BCUT2D eigenvalue weighted by molar-refractivity contribution is 0.112. The number of carbonyl (C=O) groups excluding carboxylic acids is 1. The third-order valence-electron chi connectivity index (χ3n) is 3.61. The molecule has 4 nitrogen and oxygen atoms in total. The molecule has 0 N–H and O–H groups in total. The van der Waals surface area contributed by atoms with Crippen molar-refractivity contribution in [2.75, 3.05) is 18.5 Å². The van der Waals surface area contributed by atoms with E-state index in [-0.39, 0.29) is 5.54 Å². The Bertz CT molecular complexity index is 620. The molecule has 0 aliphatic rings. The minimum atomic E-state index is -0.140. The molecular formula is C17H23N3O. The van der Waals surface area contributed by atoms with E-state index in [4.69, 9.17) is 0 Å². The Hall–Kier alpha value is -2.10. The van der Waals surface area contributed by atoms with Crippen LogP contribution in [0, 0.1) is 0 Å². The molecule has 0 aliphatic heterocycles. The smallest absolute Gasteiger partial charge is 0.153 e. The minimum Gasteiger partial charge on any atom is -0.375 e. The van der Waals surface area contributed by atoms with Gasteiger partial charge in [0.15, 0.2) is 6.29 Å². The molecule has 0 fully saturated rings. The lowest BCUT2D eigenvalue weighted by Crippen LogP contribution is -2.22. The number of nitrogens with zero attached hydrogens (tertiary/aromatic N) is 3. The van der Waals surface area contributed by atoms with Crippen LogP contribution in [0.25, 0.3) is 11.3 Å². The summed E-state index contributed by atoms with van der Waals surface area (Å²) >= 11 is 0. The van der Waals surface area contributed by atoms with Gasteiger partial charge < -0.3 is 4.90 Å². The summed E-state index contributed by atoms with van der Waals surface area (Å²) in [6.45, 7) is 9.27. The van der Waals surface area contributed by atoms with Crippen molar-refractivity contribution in [2.45, 2.75) is 33.2 Å². The fourth-order valence-corrected chi connectivity index (χ4v) is 2.10. The highest BCUT2D eigenvalue weighted by Crippen LogP contribution is 2.26. The van der Waals surface area contributed by atoms with Gasteiger partial charge in [-0.2, -0.15) is 5.10 Å². The molecule has 2 rings (SSSR count). The Morgan fingerprint density at radius 3 is 2.33 bits per heavy atom. The van der Waals surface area contributed by atoms with Gasteiger partial charge in [-0.25, -0.2) is 0 Å². The average Bonchev–Trinajstić information content (AvgIpc) is 2.91. The number of hydrogen-bond donors (Lipinski definition) is 0. The number of rotatable bonds is 4. The van der Waals surface area contributed by atoms with Gasteiger partial charge in [-0.15, -0.1) is 0 Å². The Morgan fingerprint density at radius 2 is 1.86 bits per heavy atom. The van der Waals surface area contributed by atoms with Crippen LogP contribution >= 0.6 is 0 Å². The second-order valence-electron chi connectivity index (χ2n) is 6.23. The molecule has 1 heterocycles. The molecule has 0 aliphatic carbocycles. The number of anilines is 1. The van der Waals surface area contributed by atoms with Crippen LogP contribution in [-0.2, 0) is 5.54 Å². The van der Waals surface area contributed by atoms with Gasteiger partial charge >= 0.3 is 0 Å². The van der Waals surface area contributed by atoms with Crippen LogP contribution in [-0.4, -0.2) is 29.7 Å². The van der Waals surface area contributed by atoms with Gasteiger partial charge in [-0.05, 0) is 39.8 Å². The van der Waals surface area contributed by atoms with E-state index in [0.717, 1.165) is 29.8 Å². The summed E-state index contributed by atoms with van der Waals surface area (Å²) in [6, 6.07) is 8.15. The van der Waals surface area contributed by atoms with E-state index < -0.39 is 0 Å². The molecule has 112 valence electrons. The first-order valence-electron chi connectivity index (χ1n) is 7.23. The maximum atomic E-state index is 11.3. The van der Waals surface area contributed by atoms with E-state index >= 15 is 0 Å². The molecule has 0 saturated heterocycles. The van der Waals surface area contributed by atoms with Gasteiger partial charge in [0.05, 0.1) is 11.1 Å². The predicted octanol–water partition coefficient (Wildman–Crippen LogP) is 3.57. The van der Waals surface area contributed by atoms with Crippen molar-refractivity contribution in [3.63, 3.8) is 0 Å². The fraction of sp³-hybridized carbons (Fsp3) is 0.412. The summed E-state index contributed by atoms with van der Waals surface area (Å²) in [5.41, 5.74) is 3.35. The van der Waals surface area contributed by atoms with E-state index in [1.807, 2.05) is 23.0 Å². The lowest BCUT2D eigenvalue weighted by atomic mass is 10.1. The Kier molecular flexibility index (Phi) is 4.16. The molecule has 0 bridgehead atoms. The van der Waals surface area contributed by atoms with Crippen molar-refractivity contribution >= 4 is 12.0 Å². The molecule has 0 unspecified atom stereocenters. The predicted molar refractivity (Wildman–Crippen MR) is 87.0 cm³/mol. The molecule has 0 saturated carbocycles. The molecule has 0 radical (unpaired) electrons. The number of carbonyl (C=O) groups is 1. The van der Waals surface area contributed by atoms with Crippen LogP contribution < -0.4 is 4.90 Å². The average molecular weight is 285 g/mol. The van der Waals surface area contributed by atoms with Crippen LogP contribution in [0.4, 0.5) is 5.69 Å². The first-order valence-corrected chi connectivity index (χ1v) is 7.23. The standard InChI is InChI=1S/C17H23N3O/c1-6-19(5)15-9-7-13(8-10-15)16-14(12-21)11-20(18-16)17(2,3)4/h7-12H,6H2,1-5H3. The first-order chi connectivity index (χ1) is 9.86. The van der Waals surface area contributed by atoms with E-state index in [1.54, 1.807) is 0 Å². The van der Waals surface area contributed by atoms with Crippen LogP contribution in [0.1, 0.15) is 38.1 Å². The van der Waals surface area contributed by atoms with Crippen LogP contribution in [0.15, 0.2) is 30.5 Å². The number of aromatic nitrogens is 2.